The molecule has 0 bridgehead atoms. The smallest absolute Gasteiger partial charge is 0.262 e. The molecule has 92 valence electrons. The Labute approximate surface area is 116 Å². The number of nitrogens with two attached hydrogens (primary N) is 1. The average Bonchev–Trinajstić information content (AvgIpc) is 2.32. The van der Waals surface area contributed by atoms with Crippen LogP contribution in [0.15, 0.2) is 35.5 Å². The van der Waals surface area contributed by atoms with Crippen molar-refractivity contribution in [3.63, 3.8) is 0 Å². The standard InChI is InChI=1S/C11H9IN4O2/c12-6-1-4-15-10(17)9(6)11(18)16-8-5-14-3-2-7(8)13/h1-5H,(H2,13,14)(H,15,17)(H,16,18). The van der Waals surface area contributed by atoms with Gasteiger partial charge in [-0.3, -0.25) is 14.6 Å². The number of carbonyl (C=O) groups is 1. The Morgan fingerprint density at radius 3 is 2.89 bits per heavy atom. The highest BCUT2D eigenvalue weighted by molar-refractivity contribution is 14.1. The molecule has 6 nitrogen and oxygen atoms in total. The van der Waals surface area contributed by atoms with E-state index in [4.69, 9.17) is 5.73 Å². The number of nitrogen functional groups attached to an aromatic ring is 1. The minimum atomic E-state index is -0.513. The van der Waals surface area contributed by atoms with Crippen LogP contribution in [0.2, 0.25) is 0 Å². The number of carbonyl (C=O) groups excluding carboxylic acids is 1. The van der Waals surface area contributed by atoms with Gasteiger partial charge in [0.15, 0.2) is 0 Å². The van der Waals surface area contributed by atoms with Crippen LogP contribution in [0.3, 0.4) is 0 Å². The van der Waals surface area contributed by atoms with Gasteiger partial charge in [0.1, 0.15) is 5.56 Å². The number of nitrogens with zero attached hydrogens (tertiary/aromatic N) is 1. The average molecular weight is 356 g/mol. The van der Waals surface area contributed by atoms with Gasteiger partial charge in [-0.15, -0.1) is 0 Å². The van der Waals surface area contributed by atoms with Gasteiger partial charge in [0.05, 0.1) is 17.6 Å². The number of amides is 1. The number of aromatic nitrogens is 2. The highest BCUT2D eigenvalue weighted by atomic mass is 127. The lowest BCUT2D eigenvalue weighted by molar-refractivity contribution is 0.102. The molecule has 0 aromatic carbocycles. The molecule has 2 aromatic rings. The number of aromatic amines is 1. The zero-order valence-electron chi connectivity index (χ0n) is 9.11. The third-order valence-electron chi connectivity index (χ3n) is 2.24. The first-order valence-corrected chi connectivity index (χ1v) is 6.05. The molecule has 7 heteroatoms. The second-order valence-corrected chi connectivity index (χ2v) is 4.61. The van der Waals surface area contributed by atoms with Crippen LogP contribution < -0.4 is 16.6 Å². The summed E-state index contributed by atoms with van der Waals surface area (Å²) in [4.78, 5) is 29.9. The maximum absolute atomic E-state index is 12.0. The van der Waals surface area contributed by atoms with E-state index in [1.807, 2.05) is 22.6 Å². The molecule has 0 unspecified atom stereocenters. The largest absolute Gasteiger partial charge is 0.397 e. The first-order chi connectivity index (χ1) is 8.59. The van der Waals surface area contributed by atoms with E-state index in [0.717, 1.165) is 0 Å². The molecule has 0 saturated carbocycles. The predicted molar refractivity (Wildman–Crippen MR) is 76.4 cm³/mol. The minimum Gasteiger partial charge on any atom is -0.397 e. The summed E-state index contributed by atoms with van der Waals surface area (Å²) in [6.45, 7) is 0. The zero-order chi connectivity index (χ0) is 13.1. The summed E-state index contributed by atoms with van der Waals surface area (Å²) >= 11 is 1.92. The molecule has 0 atom stereocenters. The molecule has 1 amide bonds. The monoisotopic (exact) mass is 356 g/mol. The highest BCUT2D eigenvalue weighted by Crippen LogP contribution is 2.16. The van der Waals surface area contributed by atoms with Crippen molar-refractivity contribution >= 4 is 39.9 Å². The Bertz CT molecular complexity index is 653. The van der Waals surface area contributed by atoms with Gasteiger partial charge in [-0.1, -0.05) is 0 Å². The number of nitrogens with one attached hydrogen (secondary N) is 2. The highest BCUT2D eigenvalue weighted by Gasteiger charge is 2.15. The lowest BCUT2D eigenvalue weighted by atomic mass is 10.2. The van der Waals surface area contributed by atoms with Gasteiger partial charge in [0.25, 0.3) is 11.5 Å². The van der Waals surface area contributed by atoms with E-state index < -0.39 is 11.5 Å². The Morgan fingerprint density at radius 2 is 2.22 bits per heavy atom. The third-order valence-corrected chi connectivity index (χ3v) is 3.14. The van der Waals surface area contributed by atoms with E-state index >= 15 is 0 Å². The second-order valence-electron chi connectivity index (χ2n) is 3.45. The van der Waals surface area contributed by atoms with Crippen LogP contribution in [0.1, 0.15) is 10.4 Å². The number of anilines is 2. The number of halogens is 1. The van der Waals surface area contributed by atoms with Crippen molar-refractivity contribution in [3.05, 3.63) is 50.2 Å². The molecule has 4 N–H and O–H groups in total. The van der Waals surface area contributed by atoms with E-state index in [0.29, 0.717) is 14.9 Å². The van der Waals surface area contributed by atoms with E-state index in [-0.39, 0.29) is 5.56 Å². The topological polar surface area (TPSA) is 101 Å². The fourth-order valence-corrected chi connectivity index (χ4v) is 2.03. The van der Waals surface area contributed by atoms with E-state index in [2.05, 4.69) is 15.3 Å². The number of hydrogen-bond donors (Lipinski definition) is 3. The van der Waals surface area contributed by atoms with E-state index in [1.54, 1.807) is 12.1 Å². The molecule has 18 heavy (non-hydrogen) atoms. The van der Waals surface area contributed by atoms with Crippen LogP contribution in [0.25, 0.3) is 0 Å². The number of hydrogen-bond acceptors (Lipinski definition) is 4. The summed E-state index contributed by atoms with van der Waals surface area (Å²) in [7, 11) is 0. The molecule has 2 heterocycles. The third kappa shape index (κ3) is 2.50. The van der Waals surface area contributed by atoms with E-state index in [9.17, 15) is 9.59 Å². The normalized spacial score (nSPS) is 10.1. The SMILES string of the molecule is Nc1ccncc1NC(=O)c1c(I)cc[nH]c1=O. The number of pyridine rings is 2. The van der Waals surface area contributed by atoms with Gasteiger partial charge in [0.2, 0.25) is 0 Å². The molecular weight excluding hydrogens is 347 g/mol. The van der Waals surface area contributed by atoms with Crippen molar-refractivity contribution in [1.29, 1.82) is 0 Å². The molecular formula is C11H9IN4O2. The minimum absolute atomic E-state index is 0.0568. The molecule has 0 saturated heterocycles. The quantitative estimate of drug-likeness (QED) is 0.704. The second kappa shape index (κ2) is 5.17. The van der Waals surface area contributed by atoms with E-state index in [1.165, 1.54) is 18.6 Å². The Hall–Kier alpha value is -1.90. The summed E-state index contributed by atoms with van der Waals surface area (Å²) in [5.74, 6) is -0.513. The molecule has 0 radical (unpaired) electrons. The molecule has 0 aliphatic rings. The van der Waals surface area contributed by atoms with Gasteiger partial charge < -0.3 is 16.0 Å². The molecule has 2 aromatic heterocycles. The van der Waals surface area contributed by atoms with Crippen LogP contribution in [0.5, 0.6) is 0 Å². The molecule has 0 aliphatic carbocycles. The molecule has 2 rings (SSSR count). The maximum atomic E-state index is 12.0. The molecule has 0 aliphatic heterocycles. The van der Waals surface area contributed by atoms with Crippen molar-refractivity contribution in [2.24, 2.45) is 0 Å². The first-order valence-electron chi connectivity index (χ1n) is 4.97. The van der Waals surface area contributed by atoms with Gasteiger partial charge in [-0.05, 0) is 34.7 Å². The lowest BCUT2D eigenvalue weighted by Crippen LogP contribution is -2.24. The van der Waals surface area contributed by atoms with Gasteiger partial charge in [0, 0.05) is 16.0 Å². The van der Waals surface area contributed by atoms with Crippen LogP contribution in [0.4, 0.5) is 11.4 Å². The summed E-state index contributed by atoms with van der Waals surface area (Å²) in [5.41, 5.74) is 6.06. The van der Waals surface area contributed by atoms with Crippen LogP contribution >= 0.6 is 22.6 Å². The Balaban J connectivity index is 2.34. The van der Waals surface area contributed by atoms with Gasteiger partial charge in [-0.2, -0.15) is 0 Å². The predicted octanol–water partition coefficient (Wildman–Crippen LogP) is 1.21. The number of rotatable bonds is 2. The van der Waals surface area contributed by atoms with Gasteiger partial charge >= 0.3 is 0 Å². The van der Waals surface area contributed by atoms with Crippen LogP contribution in [-0.2, 0) is 0 Å². The zero-order valence-corrected chi connectivity index (χ0v) is 11.3. The summed E-state index contributed by atoms with van der Waals surface area (Å²) in [5, 5.41) is 2.56. The summed E-state index contributed by atoms with van der Waals surface area (Å²) in [6, 6.07) is 3.21. The van der Waals surface area contributed by atoms with Crippen molar-refractivity contribution < 1.29 is 4.79 Å². The molecule has 0 fully saturated rings. The Morgan fingerprint density at radius 1 is 1.44 bits per heavy atom. The van der Waals surface area contributed by atoms with Crippen LogP contribution in [0, 0.1) is 3.57 Å². The fourth-order valence-electron chi connectivity index (χ4n) is 1.36. The molecule has 0 spiro atoms. The van der Waals surface area contributed by atoms with Gasteiger partial charge in [-0.25, -0.2) is 0 Å². The lowest BCUT2D eigenvalue weighted by Gasteiger charge is -2.07. The summed E-state index contributed by atoms with van der Waals surface area (Å²) < 4.78 is 0.566. The first kappa shape index (κ1) is 12.6. The van der Waals surface area contributed by atoms with Crippen molar-refractivity contribution in [2.75, 3.05) is 11.1 Å². The van der Waals surface area contributed by atoms with Crippen LogP contribution in [-0.4, -0.2) is 15.9 Å². The van der Waals surface area contributed by atoms with Crippen molar-refractivity contribution in [1.82, 2.24) is 9.97 Å². The van der Waals surface area contributed by atoms with Crippen molar-refractivity contribution in [3.8, 4) is 0 Å². The summed E-state index contributed by atoms with van der Waals surface area (Å²) in [6.07, 6.45) is 4.43. The fraction of sp³-hybridized carbons (Fsp3) is 0. The van der Waals surface area contributed by atoms with Crippen molar-refractivity contribution in [2.45, 2.75) is 0 Å². The number of H-pyrrole nitrogens is 1. The Kier molecular flexibility index (Phi) is 3.60. The maximum Gasteiger partial charge on any atom is 0.262 e.